The summed E-state index contributed by atoms with van der Waals surface area (Å²) in [6, 6.07) is 0. The SMILES string of the molecule is CCCCCC(CC)S(=O)(=O)C(CC)CCCCC. The number of unbranched alkanes of at least 4 members (excludes halogenated alkanes) is 4. The van der Waals surface area contributed by atoms with E-state index in [0.717, 1.165) is 64.2 Å². The van der Waals surface area contributed by atoms with Gasteiger partial charge in [0, 0.05) is 0 Å². The van der Waals surface area contributed by atoms with Crippen LogP contribution in [0.3, 0.4) is 0 Å². The van der Waals surface area contributed by atoms with Crippen LogP contribution in [0, 0.1) is 0 Å². The molecule has 0 saturated heterocycles. The van der Waals surface area contributed by atoms with Crippen LogP contribution in [0.5, 0.6) is 0 Å². The maximum Gasteiger partial charge on any atom is 0.155 e. The number of hydrogen-bond acceptors (Lipinski definition) is 2. The first-order chi connectivity index (χ1) is 9.04. The summed E-state index contributed by atoms with van der Waals surface area (Å²) in [5, 5.41) is -0.212. The quantitative estimate of drug-likeness (QED) is 0.467. The molecule has 2 unspecified atom stereocenters. The van der Waals surface area contributed by atoms with E-state index in [-0.39, 0.29) is 10.5 Å². The van der Waals surface area contributed by atoms with E-state index in [4.69, 9.17) is 0 Å². The van der Waals surface area contributed by atoms with Crippen molar-refractivity contribution in [2.75, 3.05) is 0 Å². The first-order valence-corrected chi connectivity index (χ1v) is 9.88. The molecule has 2 atom stereocenters. The lowest BCUT2D eigenvalue weighted by Gasteiger charge is -2.23. The highest BCUT2D eigenvalue weighted by Gasteiger charge is 2.30. The molecule has 0 fully saturated rings. The van der Waals surface area contributed by atoms with E-state index in [0.29, 0.717) is 0 Å². The molecule has 3 heteroatoms. The highest BCUT2D eigenvalue weighted by molar-refractivity contribution is 7.92. The first-order valence-electron chi connectivity index (χ1n) is 8.27. The fourth-order valence-electron chi connectivity index (χ4n) is 2.72. The molecule has 0 heterocycles. The summed E-state index contributed by atoms with van der Waals surface area (Å²) in [4.78, 5) is 0. The lowest BCUT2D eigenvalue weighted by atomic mass is 10.1. The molecular weight excluding hydrogens is 256 g/mol. The molecule has 0 amide bonds. The van der Waals surface area contributed by atoms with Gasteiger partial charge in [0.1, 0.15) is 0 Å². The Bertz CT molecular complexity index is 272. The highest BCUT2D eigenvalue weighted by atomic mass is 32.2. The zero-order chi connectivity index (χ0) is 14.7. The molecule has 0 spiro atoms. The molecule has 0 aliphatic carbocycles. The van der Waals surface area contributed by atoms with Crippen molar-refractivity contribution in [3.05, 3.63) is 0 Å². The summed E-state index contributed by atoms with van der Waals surface area (Å²) in [5.41, 5.74) is 0. The molecule has 0 aromatic carbocycles. The zero-order valence-corrected chi connectivity index (χ0v) is 14.3. The lowest BCUT2D eigenvalue weighted by molar-refractivity contribution is 0.521. The van der Waals surface area contributed by atoms with Gasteiger partial charge < -0.3 is 0 Å². The molecule has 0 N–H and O–H groups in total. The predicted octanol–water partition coefficient (Wildman–Crippen LogP) is 5.12. The Morgan fingerprint density at radius 3 is 1.32 bits per heavy atom. The summed E-state index contributed by atoms with van der Waals surface area (Å²) in [6.07, 6.45) is 9.99. The molecule has 0 aromatic rings. The molecule has 116 valence electrons. The Kier molecular flexibility index (Phi) is 10.7. The van der Waals surface area contributed by atoms with Crippen molar-refractivity contribution in [1.29, 1.82) is 0 Å². The van der Waals surface area contributed by atoms with E-state index >= 15 is 0 Å². The summed E-state index contributed by atoms with van der Waals surface area (Å²) < 4.78 is 25.4. The summed E-state index contributed by atoms with van der Waals surface area (Å²) in [7, 11) is -2.92. The Balaban J connectivity index is 4.56. The minimum Gasteiger partial charge on any atom is -0.228 e. The van der Waals surface area contributed by atoms with Gasteiger partial charge in [0.25, 0.3) is 0 Å². The van der Waals surface area contributed by atoms with Gasteiger partial charge >= 0.3 is 0 Å². The fourth-order valence-corrected chi connectivity index (χ4v) is 5.18. The molecule has 0 saturated carbocycles. The molecule has 2 nitrogen and oxygen atoms in total. The van der Waals surface area contributed by atoms with Gasteiger partial charge in [-0.05, 0) is 25.7 Å². The van der Waals surface area contributed by atoms with Gasteiger partial charge in [0.05, 0.1) is 10.5 Å². The molecule has 0 rings (SSSR count). The Morgan fingerprint density at radius 2 is 1.05 bits per heavy atom. The molecule has 0 aromatic heterocycles. The van der Waals surface area contributed by atoms with Gasteiger partial charge in [-0.2, -0.15) is 0 Å². The van der Waals surface area contributed by atoms with Crippen LogP contribution in [0.4, 0.5) is 0 Å². The average molecular weight is 291 g/mol. The summed E-state index contributed by atoms with van der Waals surface area (Å²) >= 11 is 0. The number of sulfone groups is 1. The van der Waals surface area contributed by atoms with E-state index in [1.807, 2.05) is 13.8 Å². The standard InChI is InChI=1S/C16H34O2S/c1-5-9-11-13-15(7-3)19(17,18)16(8-4)14-12-10-6-2/h15-16H,5-14H2,1-4H3. The van der Waals surface area contributed by atoms with E-state index in [9.17, 15) is 8.42 Å². The van der Waals surface area contributed by atoms with E-state index in [1.54, 1.807) is 0 Å². The minimum atomic E-state index is -2.92. The highest BCUT2D eigenvalue weighted by Crippen LogP contribution is 2.24. The smallest absolute Gasteiger partial charge is 0.155 e. The van der Waals surface area contributed by atoms with Crippen LogP contribution in [0.25, 0.3) is 0 Å². The van der Waals surface area contributed by atoms with Crippen LogP contribution < -0.4 is 0 Å². The second kappa shape index (κ2) is 10.7. The Morgan fingerprint density at radius 1 is 0.684 bits per heavy atom. The van der Waals surface area contributed by atoms with Crippen LogP contribution in [0.2, 0.25) is 0 Å². The third-order valence-electron chi connectivity index (χ3n) is 4.10. The van der Waals surface area contributed by atoms with Crippen molar-refractivity contribution >= 4 is 9.84 Å². The largest absolute Gasteiger partial charge is 0.228 e. The number of rotatable bonds is 12. The van der Waals surface area contributed by atoms with Gasteiger partial charge in [-0.3, -0.25) is 0 Å². The van der Waals surface area contributed by atoms with Gasteiger partial charge in [-0.25, -0.2) is 8.42 Å². The summed E-state index contributed by atoms with van der Waals surface area (Å²) in [5.74, 6) is 0. The fraction of sp³-hybridized carbons (Fsp3) is 1.00. The predicted molar refractivity (Wildman–Crippen MR) is 85.4 cm³/mol. The monoisotopic (exact) mass is 290 g/mol. The topological polar surface area (TPSA) is 34.1 Å². The maximum atomic E-state index is 12.7. The zero-order valence-electron chi connectivity index (χ0n) is 13.5. The van der Waals surface area contributed by atoms with Crippen molar-refractivity contribution in [3.63, 3.8) is 0 Å². The maximum absolute atomic E-state index is 12.7. The molecular formula is C16H34O2S. The molecule has 19 heavy (non-hydrogen) atoms. The molecule has 0 bridgehead atoms. The van der Waals surface area contributed by atoms with E-state index in [1.165, 1.54) is 0 Å². The molecule has 0 aliphatic heterocycles. The average Bonchev–Trinajstić information content (AvgIpc) is 2.39. The molecule has 0 radical (unpaired) electrons. The molecule has 0 aliphatic rings. The van der Waals surface area contributed by atoms with Crippen LogP contribution in [-0.2, 0) is 9.84 Å². The second-order valence-electron chi connectivity index (χ2n) is 5.64. The van der Waals surface area contributed by atoms with Crippen LogP contribution in [-0.4, -0.2) is 18.9 Å². The first kappa shape index (κ1) is 18.9. The normalized spacial score (nSPS) is 15.4. The van der Waals surface area contributed by atoms with Crippen molar-refractivity contribution in [2.24, 2.45) is 0 Å². The van der Waals surface area contributed by atoms with E-state index in [2.05, 4.69) is 13.8 Å². The van der Waals surface area contributed by atoms with Crippen LogP contribution in [0.15, 0.2) is 0 Å². The van der Waals surface area contributed by atoms with E-state index < -0.39 is 9.84 Å². The van der Waals surface area contributed by atoms with Crippen LogP contribution in [0.1, 0.15) is 91.9 Å². The summed E-state index contributed by atoms with van der Waals surface area (Å²) in [6.45, 7) is 8.37. The van der Waals surface area contributed by atoms with Crippen molar-refractivity contribution in [3.8, 4) is 0 Å². The van der Waals surface area contributed by atoms with Gasteiger partial charge in [-0.1, -0.05) is 66.2 Å². The Hall–Kier alpha value is -0.0500. The van der Waals surface area contributed by atoms with Crippen molar-refractivity contribution in [1.82, 2.24) is 0 Å². The van der Waals surface area contributed by atoms with Crippen molar-refractivity contribution in [2.45, 2.75) is 102 Å². The number of hydrogen-bond donors (Lipinski definition) is 0. The van der Waals surface area contributed by atoms with Gasteiger partial charge in [0.2, 0.25) is 0 Å². The third-order valence-corrected chi connectivity index (χ3v) is 7.10. The van der Waals surface area contributed by atoms with Crippen LogP contribution >= 0.6 is 0 Å². The van der Waals surface area contributed by atoms with Gasteiger partial charge in [-0.15, -0.1) is 0 Å². The van der Waals surface area contributed by atoms with Crippen molar-refractivity contribution < 1.29 is 8.42 Å². The minimum absolute atomic E-state index is 0.106. The van der Waals surface area contributed by atoms with Gasteiger partial charge in [0.15, 0.2) is 9.84 Å². The lowest BCUT2D eigenvalue weighted by Crippen LogP contribution is -2.31. The second-order valence-corrected chi connectivity index (χ2v) is 8.15. The Labute approximate surface area is 121 Å². The third kappa shape index (κ3) is 6.78.